The molecule has 0 amide bonds. The zero-order chi connectivity index (χ0) is 24.5. The first-order chi connectivity index (χ1) is 16.9. The summed E-state index contributed by atoms with van der Waals surface area (Å²) in [6.07, 6.45) is 0.792. The van der Waals surface area contributed by atoms with Crippen molar-refractivity contribution in [3.63, 3.8) is 0 Å². The van der Waals surface area contributed by atoms with Crippen molar-refractivity contribution in [3.05, 3.63) is 75.2 Å². The largest absolute Gasteiger partial charge is 0.387 e. The molecule has 0 spiro atoms. The van der Waals surface area contributed by atoms with Gasteiger partial charge in [0.2, 0.25) is 0 Å². The predicted molar refractivity (Wildman–Crippen MR) is 156 cm³/mol. The van der Waals surface area contributed by atoms with Crippen LogP contribution in [0.4, 0.5) is 11.4 Å². The maximum Gasteiger partial charge on any atom is 0.261 e. The minimum atomic E-state index is -0.790. The van der Waals surface area contributed by atoms with Crippen molar-refractivity contribution in [1.82, 2.24) is 20.3 Å². The molecular weight excluding hydrogens is 535 g/mol. The van der Waals surface area contributed by atoms with E-state index in [2.05, 4.69) is 44.6 Å². The zero-order valence-electron chi connectivity index (χ0n) is 20.5. The molecule has 5 rings (SSSR count). The Morgan fingerprint density at radius 2 is 2.05 bits per heavy atom. The highest BCUT2D eigenvalue weighted by Crippen LogP contribution is 2.30. The van der Waals surface area contributed by atoms with Crippen LogP contribution >= 0.6 is 36.4 Å². The molecule has 37 heavy (non-hydrogen) atoms. The Hall–Kier alpha value is -2.75. The molecular formula is C26H31Cl3N6O2. The number of nitrogens with zero attached hydrogens (tertiary/aromatic N) is 2. The number of aryl methyl sites for hydroxylation is 1. The Bertz CT molecular complexity index is 1420. The molecule has 5 N–H and O–H groups in total. The molecule has 0 aliphatic carbocycles. The van der Waals surface area contributed by atoms with Crippen molar-refractivity contribution in [1.29, 1.82) is 0 Å². The van der Waals surface area contributed by atoms with E-state index in [0.29, 0.717) is 33.7 Å². The van der Waals surface area contributed by atoms with Crippen LogP contribution in [0.15, 0.2) is 53.5 Å². The van der Waals surface area contributed by atoms with Gasteiger partial charge in [0.1, 0.15) is 11.4 Å². The van der Waals surface area contributed by atoms with Crippen LogP contribution in [0.5, 0.6) is 0 Å². The number of aliphatic hydroxyl groups excluding tert-OH is 1. The van der Waals surface area contributed by atoms with Crippen LogP contribution in [0.25, 0.3) is 22.4 Å². The van der Waals surface area contributed by atoms with Gasteiger partial charge in [-0.2, -0.15) is 0 Å². The fraction of sp³-hybridized carbons (Fsp3) is 0.308. The van der Waals surface area contributed by atoms with Crippen LogP contribution in [-0.2, 0) is 0 Å². The SMILES string of the molecule is Cc1cc(N2CCNCC2C)cc2[nH]c(-c3c(NC[C@@H](O)c4cccc(Cl)c4)cc[nH]c3=O)nc12.Cl.Cl. The summed E-state index contributed by atoms with van der Waals surface area (Å²) >= 11 is 6.06. The number of rotatable bonds is 6. The second-order valence-corrected chi connectivity index (χ2v) is 9.47. The molecule has 2 atom stereocenters. The number of fused-ring (bicyclic) bond motifs is 1. The third-order valence-corrected chi connectivity index (χ3v) is 6.75. The number of aromatic amines is 2. The first-order valence-electron chi connectivity index (χ1n) is 11.8. The first-order valence-corrected chi connectivity index (χ1v) is 12.2. The average Bonchev–Trinajstić information content (AvgIpc) is 3.27. The highest BCUT2D eigenvalue weighted by molar-refractivity contribution is 6.30. The van der Waals surface area contributed by atoms with Crippen LogP contribution in [0.3, 0.4) is 0 Å². The number of pyridine rings is 1. The lowest BCUT2D eigenvalue weighted by Crippen LogP contribution is -2.49. The smallest absolute Gasteiger partial charge is 0.261 e. The molecule has 1 unspecified atom stereocenters. The van der Waals surface area contributed by atoms with Gasteiger partial charge in [0.05, 0.1) is 22.8 Å². The average molecular weight is 566 g/mol. The van der Waals surface area contributed by atoms with Crippen molar-refractivity contribution in [2.24, 2.45) is 0 Å². The normalized spacial score (nSPS) is 16.1. The number of halogens is 3. The summed E-state index contributed by atoms with van der Waals surface area (Å²) in [4.78, 5) is 26.1. The van der Waals surface area contributed by atoms with Gasteiger partial charge >= 0.3 is 0 Å². The van der Waals surface area contributed by atoms with Crippen LogP contribution in [0, 0.1) is 6.92 Å². The maximum atomic E-state index is 12.9. The highest BCUT2D eigenvalue weighted by atomic mass is 35.5. The minimum Gasteiger partial charge on any atom is -0.387 e. The third kappa shape index (κ3) is 6.05. The summed E-state index contributed by atoms with van der Waals surface area (Å²) < 4.78 is 0. The minimum absolute atomic E-state index is 0. The number of hydrogen-bond acceptors (Lipinski definition) is 6. The Morgan fingerprint density at radius 3 is 2.81 bits per heavy atom. The lowest BCUT2D eigenvalue weighted by Gasteiger charge is -2.36. The van der Waals surface area contributed by atoms with E-state index in [0.717, 1.165) is 41.9 Å². The van der Waals surface area contributed by atoms with Gasteiger partial charge in [-0.15, -0.1) is 24.8 Å². The number of benzene rings is 2. The molecule has 0 saturated carbocycles. The summed E-state index contributed by atoms with van der Waals surface area (Å²) in [5.74, 6) is 0.482. The number of anilines is 2. The summed E-state index contributed by atoms with van der Waals surface area (Å²) in [7, 11) is 0. The van der Waals surface area contributed by atoms with E-state index in [4.69, 9.17) is 16.6 Å². The van der Waals surface area contributed by atoms with Crippen LogP contribution in [0.2, 0.25) is 5.02 Å². The Labute approximate surface area is 232 Å². The van der Waals surface area contributed by atoms with Gasteiger partial charge in [-0.05, 0) is 55.3 Å². The molecule has 0 radical (unpaired) electrons. The van der Waals surface area contributed by atoms with Crippen LogP contribution in [0.1, 0.15) is 24.2 Å². The molecule has 4 aromatic rings. The van der Waals surface area contributed by atoms with Gasteiger partial charge in [0.15, 0.2) is 0 Å². The summed E-state index contributed by atoms with van der Waals surface area (Å²) in [6, 6.07) is 13.5. The van der Waals surface area contributed by atoms with Gasteiger partial charge in [-0.25, -0.2) is 4.98 Å². The van der Waals surface area contributed by atoms with E-state index in [1.165, 1.54) is 0 Å². The van der Waals surface area contributed by atoms with Gasteiger partial charge in [0.25, 0.3) is 5.56 Å². The Balaban J connectivity index is 0.00000190. The first kappa shape index (κ1) is 28.8. The van der Waals surface area contributed by atoms with E-state index in [-0.39, 0.29) is 36.9 Å². The number of hydrogen-bond donors (Lipinski definition) is 5. The van der Waals surface area contributed by atoms with E-state index in [1.807, 2.05) is 13.0 Å². The monoisotopic (exact) mass is 564 g/mol. The molecule has 3 heterocycles. The molecule has 2 aromatic heterocycles. The molecule has 1 aliphatic heterocycles. The van der Waals surface area contributed by atoms with Crippen molar-refractivity contribution < 1.29 is 5.11 Å². The summed E-state index contributed by atoms with van der Waals surface area (Å²) in [5.41, 5.74) is 5.33. The van der Waals surface area contributed by atoms with Gasteiger partial charge in [0, 0.05) is 49.1 Å². The molecule has 0 bridgehead atoms. The molecule has 1 saturated heterocycles. The van der Waals surface area contributed by atoms with E-state index in [9.17, 15) is 9.90 Å². The van der Waals surface area contributed by atoms with Gasteiger partial charge < -0.3 is 30.6 Å². The van der Waals surface area contributed by atoms with Crippen molar-refractivity contribution in [3.8, 4) is 11.4 Å². The highest BCUT2D eigenvalue weighted by Gasteiger charge is 2.21. The Kier molecular flexibility index (Phi) is 9.50. The molecule has 1 fully saturated rings. The predicted octanol–water partition coefficient (Wildman–Crippen LogP) is 4.67. The maximum absolute atomic E-state index is 12.9. The van der Waals surface area contributed by atoms with Crippen LogP contribution < -0.4 is 21.1 Å². The second-order valence-electron chi connectivity index (χ2n) is 9.04. The van der Waals surface area contributed by atoms with Crippen molar-refractivity contribution in [2.75, 3.05) is 36.4 Å². The molecule has 198 valence electrons. The lowest BCUT2D eigenvalue weighted by molar-refractivity contribution is 0.191. The number of piperazine rings is 1. The molecule has 1 aliphatic rings. The van der Waals surface area contributed by atoms with Gasteiger partial charge in [-0.3, -0.25) is 4.79 Å². The van der Waals surface area contributed by atoms with Crippen molar-refractivity contribution in [2.45, 2.75) is 26.0 Å². The fourth-order valence-electron chi connectivity index (χ4n) is 4.68. The van der Waals surface area contributed by atoms with Crippen molar-refractivity contribution >= 4 is 58.8 Å². The van der Waals surface area contributed by atoms with E-state index >= 15 is 0 Å². The second kappa shape index (κ2) is 12.2. The number of nitrogens with one attached hydrogen (secondary N) is 4. The standard InChI is InChI=1S/C26H29ClN6O2.2ClH/c1-15-10-19(33-9-8-28-13-16(33)2)12-21-24(15)32-25(31-21)23-20(6-7-29-26(23)35)30-14-22(34)17-4-3-5-18(27)11-17;;/h3-7,10-12,16,22,28,34H,8-9,13-14H2,1-2H3,(H,31,32)(H2,29,30,35);2*1H/t16?,22-;;/m1../s1. The number of aromatic nitrogens is 3. The number of H-pyrrole nitrogens is 2. The Morgan fingerprint density at radius 1 is 1.24 bits per heavy atom. The van der Waals surface area contributed by atoms with E-state index < -0.39 is 6.10 Å². The number of aliphatic hydroxyl groups is 1. The van der Waals surface area contributed by atoms with Gasteiger partial charge in [-0.1, -0.05) is 23.7 Å². The third-order valence-electron chi connectivity index (χ3n) is 6.51. The van der Waals surface area contributed by atoms with E-state index in [1.54, 1.807) is 30.5 Å². The number of imidazole rings is 1. The molecule has 11 heteroatoms. The summed E-state index contributed by atoms with van der Waals surface area (Å²) in [6.45, 7) is 7.30. The quantitative estimate of drug-likeness (QED) is 0.233. The molecule has 2 aromatic carbocycles. The lowest BCUT2D eigenvalue weighted by atomic mass is 10.1. The zero-order valence-corrected chi connectivity index (χ0v) is 22.9. The summed E-state index contributed by atoms with van der Waals surface area (Å²) in [5, 5.41) is 17.8. The molecule has 8 nitrogen and oxygen atoms in total. The topological polar surface area (TPSA) is 109 Å². The fourth-order valence-corrected chi connectivity index (χ4v) is 4.88. The van der Waals surface area contributed by atoms with Crippen LogP contribution in [-0.4, -0.2) is 52.3 Å².